The smallest absolute Gasteiger partial charge is 0.278 e. The number of nitrogens with one attached hydrogen (secondary N) is 1. The van der Waals surface area contributed by atoms with E-state index in [9.17, 15) is 4.79 Å². The number of carbonyl (C=O) groups is 1. The Morgan fingerprint density at radius 2 is 2.25 bits per heavy atom. The molecular weight excluding hydrogens is 394 g/mol. The molecule has 1 aliphatic heterocycles. The molecule has 0 unspecified atom stereocenters. The van der Waals surface area contributed by atoms with Crippen molar-refractivity contribution in [2.75, 3.05) is 32.4 Å². The first kappa shape index (κ1) is 20.6. The minimum absolute atomic E-state index is 0.106. The maximum absolute atomic E-state index is 12.6. The van der Waals surface area contributed by atoms with Gasteiger partial charge in [0.05, 0.1) is 5.02 Å². The number of halogens is 1. The van der Waals surface area contributed by atoms with E-state index in [1.807, 2.05) is 18.3 Å². The highest BCUT2D eigenvalue weighted by molar-refractivity contribution is 8.13. The molecule has 3 rings (SSSR count). The van der Waals surface area contributed by atoms with Crippen LogP contribution in [0.4, 0.5) is 0 Å². The number of aliphatic imine (C=N–C) groups is 1. The standard InChI is InChI=1S/C20H24ClN5OS/c1-4-6-7-26(5-2)8-9-28-20-24-17(19(27)25(20)3)10-14-12-22-18-16(14)11-15(21)13-23-18/h4,10-13H,1,5-9H2,2-3H3,(H,22,23)/b17-10-. The molecule has 0 aliphatic carbocycles. The average Bonchev–Trinajstić information content (AvgIpc) is 3.20. The number of pyridine rings is 1. The summed E-state index contributed by atoms with van der Waals surface area (Å²) in [5.41, 5.74) is 2.00. The topological polar surface area (TPSA) is 64.6 Å². The molecule has 0 bridgehead atoms. The van der Waals surface area contributed by atoms with E-state index in [0.717, 1.165) is 53.6 Å². The van der Waals surface area contributed by atoms with Crippen molar-refractivity contribution >= 4 is 51.5 Å². The third-order valence-corrected chi connectivity index (χ3v) is 5.80. The Balaban J connectivity index is 1.71. The third kappa shape index (κ3) is 4.66. The SMILES string of the molecule is C=CCCN(CC)CCSC1=N/C(=C\c2c[nH]c3ncc(Cl)cc23)C(=O)N1C. The van der Waals surface area contributed by atoms with E-state index < -0.39 is 0 Å². The summed E-state index contributed by atoms with van der Waals surface area (Å²) in [5, 5.41) is 2.15. The van der Waals surface area contributed by atoms with Crippen molar-refractivity contribution in [1.29, 1.82) is 0 Å². The molecule has 2 aromatic heterocycles. The van der Waals surface area contributed by atoms with Crippen LogP contribution in [0.25, 0.3) is 17.1 Å². The number of hydrogen-bond acceptors (Lipinski definition) is 5. The van der Waals surface area contributed by atoms with Crippen LogP contribution in [-0.2, 0) is 4.79 Å². The molecule has 3 heterocycles. The Labute approximate surface area is 174 Å². The van der Waals surface area contributed by atoms with Gasteiger partial charge >= 0.3 is 0 Å². The van der Waals surface area contributed by atoms with Crippen molar-refractivity contribution in [1.82, 2.24) is 19.8 Å². The zero-order valence-corrected chi connectivity index (χ0v) is 17.7. The van der Waals surface area contributed by atoms with E-state index in [1.54, 1.807) is 36.0 Å². The van der Waals surface area contributed by atoms with E-state index >= 15 is 0 Å². The van der Waals surface area contributed by atoms with Crippen molar-refractivity contribution in [2.24, 2.45) is 4.99 Å². The molecule has 0 spiro atoms. The Kier molecular flexibility index (Phi) is 6.93. The molecule has 28 heavy (non-hydrogen) atoms. The molecule has 2 aromatic rings. The largest absolute Gasteiger partial charge is 0.346 e. The van der Waals surface area contributed by atoms with Gasteiger partial charge in [-0.05, 0) is 25.1 Å². The number of thioether (sulfide) groups is 1. The quantitative estimate of drug-likeness (QED) is 0.520. The second kappa shape index (κ2) is 9.41. The highest BCUT2D eigenvalue weighted by Gasteiger charge is 2.27. The van der Waals surface area contributed by atoms with Crippen molar-refractivity contribution < 1.29 is 4.79 Å². The molecule has 148 valence electrons. The zero-order valence-electron chi connectivity index (χ0n) is 16.1. The van der Waals surface area contributed by atoms with E-state index in [-0.39, 0.29) is 5.91 Å². The Morgan fingerprint density at radius 1 is 1.43 bits per heavy atom. The Morgan fingerprint density at radius 3 is 3.00 bits per heavy atom. The van der Waals surface area contributed by atoms with Crippen molar-refractivity contribution in [3.8, 4) is 0 Å². The number of rotatable bonds is 8. The molecule has 0 saturated carbocycles. The number of fused-ring (bicyclic) bond motifs is 1. The first-order valence-electron chi connectivity index (χ1n) is 9.20. The van der Waals surface area contributed by atoms with Crippen LogP contribution in [0.15, 0.2) is 41.8 Å². The maximum Gasteiger partial charge on any atom is 0.278 e. The third-order valence-electron chi connectivity index (χ3n) is 4.58. The summed E-state index contributed by atoms with van der Waals surface area (Å²) >= 11 is 7.65. The Bertz CT molecular complexity index is 936. The lowest BCUT2D eigenvalue weighted by atomic mass is 10.2. The number of hydrogen-bond donors (Lipinski definition) is 1. The number of amides is 1. The monoisotopic (exact) mass is 417 g/mol. The van der Waals surface area contributed by atoms with Crippen LogP contribution in [0.5, 0.6) is 0 Å². The van der Waals surface area contributed by atoms with Gasteiger partial charge in [-0.1, -0.05) is 36.4 Å². The van der Waals surface area contributed by atoms with Gasteiger partial charge in [-0.3, -0.25) is 9.69 Å². The number of aromatic amines is 1. The minimum Gasteiger partial charge on any atom is -0.346 e. The van der Waals surface area contributed by atoms with Gasteiger partial charge in [0.1, 0.15) is 11.3 Å². The molecule has 0 radical (unpaired) electrons. The van der Waals surface area contributed by atoms with Crippen LogP contribution in [0.2, 0.25) is 5.02 Å². The fraction of sp³-hybridized carbons (Fsp3) is 0.350. The normalized spacial score (nSPS) is 15.9. The van der Waals surface area contributed by atoms with Gasteiger partial charge in [-0.15, -0.1) is 6.58 Å². The molecule has 8 heteroatoms. The lowest BCUT2D eigenvalue weighted by Gasteiger charge is -2.19. The van der Waals surface area contributed by atoms with Crippen LogP contribution in [0, 0.1) is 0 Å². The second-order valence-corrected chi connectivity index (χ2v) is 7.94. The molecule has 1 N–H and O–H groups in total. The van der Waals surface area contributed by atoms with Gasteiger partial charge in [-0.25, -0.2) is 9.98 Å². The summed E-state index contributed by atoms with van der Waals surface area (Å²) in [6.45, 7) is 8.88. The van der Waals surface area contributed by atoms with Crippen LogP contribution < -0.4 is 0 Å². The Hall–Kier alpha value is -2.09. The average molecular weight is 418 g/mol. The number of aromatic nitrogens is 2. The fourth-order valence-corrected chi connectivity index (χ4v) is 4.07. The first-order chi connectivity index (χ1) is 13.5. The maximum atomic E-state index is 12.6. The second-order valence-electron chi connectivity index (χ2n) is 6.44. The summed E-state index contributed by atoms with van der Waals surface area (Å²) in [6, 6.07) is 1.83. The molecule has 0 atom stereocenters. The summed E-state index contributed by atoms with van der Waals surface area (Å²) < 4.78 is 0. The molecule has 0 saturated heterocycles. The van der Waals surface area contributed by atoms with Gasteiger partial charge in [0.2, 0.25) is 0 Å². The lowest BCUT2D eigenvalue weighted by molar-refractivity contribution is -0.121. The highest BCUT2D eigenvalue weighted by Crippen LogP contribution is 2.26. The van der Waals surface area contributed by atoms with Gasteiger partial charge in [0.15, 0.2) is 5.17 Å². The van der Waals surface area contributed by atoms with Gasteiger partial charge < -0.3 is 9.88 Å². The number of carbonyl (C=O) groups excluding carboxylic acids is 1. The molecular formula is C20H24ClN5OS. The number of likely N-dealkylation sites (N-methyl/N-ethyl adjacent to an activating group) is 1. The van der Waals surface area contributed by atoms with Gasteiger partial charge in [0.25, 0.3) is 5.91 Å². The minimum atomic E-state index is -0.106. The molecule has 6 nitrogen and oxygen atoms in total. The first-order valence-corrected chi connectivity index (χ1v) is 10.6. The highest BCUT2D eigenvalue weighted by atomic mass is 35.5. The van der Waals surface area contributed by atoms with Crippen molar-refractivity contribution in [3.05, 3.63) is 47.4 Å². The summed E-state index contributed by atoms with van der Waals surface area (Å²) in [5.74, 6) is 0.771. The van der Waals surface area contributed by atoms with Crippen molar-refractivity contribution in [3.63, 3.8) is 0 Å². The van der Waals surface area contributed by atoms with Crippen molar-refractivity contribution in [2.45, 2.75) is 13.3 Å². The van der Waals surface area contributed by atoms with E-state index in [4.69, 9.17) is 11.6 Å². The number of amidine groups is 1. The summed E-state index contributed by atoms with van der Waals surface area (Å²) in [4.78, 5) is 28.5. The van der Waals surface area contributed by atoms with Crippen LogP contribution in [0.3, 0.4) is 0 Å². The summed E-state index contributed by atoms with van der Waals surface area (Å²) in [7, 11) is 1.76. The molecule has 0 fully saturated rings. The predicted molar refractivity (Wildman–Crippen MR) is 119 cm³/mol. The van der Waals surface area contributed by atoms with E-state index in [2.05, 4.69) is 33.4 Å². The molecule has 0 aromatic carbocycles. The lowest BCUT2D eigenvalue weighted by Crippen LogP contribution is -2.29. The van der Waals surface area contributed by atoms with Crippen LogP contribution >= 0.6 is 23.4 Å². The summed E-state index contributed by atoms with van der Waals surface area (Å²) in [6.07, 6.45) is 8.11. The van der Waals surface area contributed by atoms with Crippen LogP contribution in [-0.4, -0.2) is 63.3 Å². The van der Waals surface area contributed by atoms with Gasteiger partial charge in [-0.2, -0.15) is 0 Å². The fourth-order valence-electron chi connectivity index (χ4n) is 2.94. The van der Waals surface area contributed by atoms with Gasteiger partial charge in [0, 0.05) is 49.2 Å². The molecule has 1 amide bonds. The number of nitrogens with zero attached hydrogens (tertiary/aromatic N) is 4. The number of H-pyrrole nitrogens is 1. The molecule has 1 aliphatic rings. The van der Waals surface area contributed by atoms with Crippen LogP contribution in [0.1, 0.15) is 18.9 Å². The predicted octanol–water partition coefficient (Wildman–Crippen LogP) is 4.02. The van der Waals surface area contributed by atoms with E-state index in [1.165, 1.54) is 0 Å². The van der Waals surface area contributed by atoms with E-state index in [0.29, 0.717) is 10.7 Å². The zero-order chi connectivity index (χ0) is 20.1.